The number of nitrogens with one attached hydrogen (secondary N) is 2. The predicted octanol–water partition coefficient (Wildman–Crippen LogP) is 1.54. The van der Waals surface area contributed by atoms with E-state index in [1.807, 2.05) is 4.90 Å². The van der Waals surface area contributed by atoms with Gasteiger partial charge in [0, 0.05) is 30.9 Å². The first-order valence-electron chi connectivity index (χ1n) is 8.32. The fourth-order valence-corrected chi connectivity index (χ4v) is 3.13. The second kappa shape index (κ2) is 8.11. The van der Waals surface area contributed by atoms with Crippen molar-refractivity contribution in [1.29, 1.82) is 0 Å². The monoisotopic (exact) mass is 384 g/mol. The van der Waals surface area contributed by atoms with Crippen molar-refractivity contribution in [3.05, 3.63) is 18.2 Å². The first-order valence-corrected chi connectivity index (χ1v) is 8.32. The Bertz CT molecular complexity index is 683. The summed E-state index contributed by atoms with van der Waals surface area (Å²) in [5.74, 6) is 0.855. The molecule has 1 saturated heterocycles. The first kappa shape index (κ1) is 20.3. The van der Waals surface area contributed by atoms with Crippen LogP contribution in [0, 0.1) is 5.41 Å². The highest BCUT2D eigenvalue weighted by Crippen LogP contribution is 2.34. The van der Waals surface area contributed by atoms with Crippen LogP contribution in [-0.2, 0) is 4.79 Å². The summed E-state index contributed by atoms with van der Waals surface area (Å²) >= 11 is 0. The SMILES string of the molecule is CC1(C)CN(CC(=O)NC(=O)Nc2ccc3c(c2)OCO3)CCC1N.Cl. The van der Waals surface area contributed by atoms with Gasteiger partial charge in [-0.05, 0) is 24.0 Å². The summed E-state index contributed by atoms with van der Waals surface area (Å²) in [5, 5.41) is 4.97. The Morgan fingerprint density at radius 1 is 1.31 bits per heavy atom. The van der Waals surface area contributed by atoms with Crippen molar-refractivity contribution < 1.29 is 19.1 Å². The lowest BCUT2D eigenvalue weighted by atomic mass is 9.80. The summed E-state index contributed by atoms with van der Waals surface area (Å²) in [6.07, 6.45) is 0.837. The van der Waals surface area contributed by atoms with Gasteiger partial charge in [0.1, 0.15) is 0 Å². The van der Waals surface area contributed by atoms with Crippen LogP contribution in [0.3, 0.4) is 0 Å². The van der Waals surface area contributed by atoms with E-state index in [4.69, 9.17) is 15.2 Å². The lowest BCUT2D eigenvalue weighted by molar-refractivity contribution is -0.121. The number of hydrogen-bond acceptors (Lipinski definition) is 6. The topological polar surface area (TPSA) is 106 Å². The van der Waals surface area contributed by atoms with Gasteiger partial charge in [-0.1, -0.05) is 13.8 Å². The quantitative estimate of drug-likeness (QED) is 0.730. The number of piperidine rings is 1. The smallest absolute Gasteiger partial charge is 0.325 e. The van der Waals surface area contributed by atoms with E-state index in [0.717, 1.165) is 19.5 Å². The fraction of sp³-hybridized carbons (Fsp3) is 0.529. The standard InChI is InChI=1S/C17H24N4O4.ClH/c1-17(2)9-21(6-5-14(17)18)8-15(22)20-16(23)19-11-3-4-12-13(7-11)25-10-24-12;/h3-4,7,14H,5-6,8-10,18H2,1-2H3,(H2,19,20,22,23);1H. The first-order chi connectivity index (χ1) is 11.8. The van der Waals surface area contributed by atoms with E-state index in [1.54, 1.807) is 18.2 Å². The molecule has 4 N–H and O–H groups in total. The van der Waals surface area contributed by atoms with Gasteiger partial charge in [0.2, 0.25) is 12.7 Å². The zero-order valence-corrected chi connectivity index (χ0v) is 15.7. The molecular formula is C17H25ClN4O4. The zero-order valence-electron chi connectivity index (χ0n) is 14.9. The van der Waals surface area contributed by atoms with E-state index in [1.165, 1.54) is 0 Å². The van der Waals surface area contributed by atoms with Crippen LogP contribution in [0.4, 0.5) is 10.5 Å². The second-order valence-electron chi connectivity index (χ2n) is 7.16. The molecule has 9 heteroatoms. The normalized spacial score (nSPS) is 20.8. The Morgan fingerprint density at radius 2 is 2.04 bits per heavy atom. The number of anilines is 1. The highest BCUT2D eigenvalue weighted by atomic mass is 35.5. The number of nitrogens with two attached hydrogens (primary N) is 1. The lowest BCUT2D eigenvalue weighted by Crippen LogP contribution is -2.54. The number of carbonyl (C=O) groups is 2. The van der Waals surface area contributed by atoms with Crippen molar-refractivity contribution in [2.75, 3.05) is 31.7 Å². The van der Waals surface area contributed by atoms with E-state index in [0.29, 0.717) is 17.2 Å². The molecule has 144 valence electrons. The van der Waals surface area contributed by atoms with Gasteiger partial charge < -0.3 is 20.5 Å². The molecule has 0 aromatic heterocycles. The largest absolute Gasteiger partial charge is 0.454 e. The molecule has 1 fully saturated rings. The van der Waals surface area contributed by atoms with Crippen LogP contribution in [0.15, 0.2) is 18.2 Å². The fourth-order valence-electron chi connectivity index (χ4n) is 3.13. The molecule has 0 radical (unpaired) electrons. The summed E-state index contributed by atoms with van der Waals surface area (Å²) < 4.78 is 10.5. The minimum absolute atomic E-state index is 0. The zero-order chi connectivity index (χ0) is 18.0. The van der Waals surface area contributed by atoms with Crippen molar-refractivity contribution in [2.24, 2.45) is 11.1 Å². The Kier molecular flexibility index (Phi) is 6.33. The number of halogens is 1. The number of imide groups is 1. The van der Waals surface area contributed by atoms with Crippen LogP contribution in [0.5, 0.6) is 11.5 Å². The Balaban J connectivity index is 0.00000243. The molecule has 1 unspecified atom stereocenters. The molecule has 0 bridgehead atoms. The highest BCUT2D eigenvalue weighted by Gasteiger charge is 2.34. The van der Waals surface area contributed by atoms with Gasteiger partial charge in [0.25, 0.3) is 0 Å². The molecule has 2 aliphatic heterocycles. The van der Waals surface area contributed by atoms with Gasteiger partial charge in [-0.25, -0.2) is 4.79 Å². The number of rotatable bonds is 3. The summed E-state index contributed by atoms with van der Waals surface area (Å²) in [6.45, 7) is 6.00. The van der Waals surface area contributed by atoms with Crippen LogP contribution >= 0.6 is 12.4 Å². The van der Waals surface area contributed by atoms with E-state index in [2.05, 4.69) is 24.5 Å². The van der Waals surface area contributed by atoms with E-state index in [-0.39, 0.29) is 43.1 Å². The number of amides is 3. The number of hydrogen-bond donors (Lipinski definition) is 3. The molecule has 3 rings (SSSR count). The molecule has 1 atom stereocenters. The van der Waals surface area contributed by atoms with Gasteiger partial charge in [-0.15, -0.1) is 12.4 Å². The molecule has 8 nitrogen and oxygen atoms in total. The van der Waals surface area contributed by atoms with Crippen LogP contribution in [0.2, 0.25) is 0 Å². The third kappa shape index (κ3) is 4.78. The number of carbonyl (C=O) groups excluding carboxylic acids is 2. The van der Waals surface area contributed by atoms with Crippen molar-refractivity contribution in [3.63, 3.8) is 0 Å². The molecule has 1 aromatic carbocycles. The lowest BCUT2D eigenvalue weighted by Gasteiger charge is -2.42. The van der Waals surface area contributed by atoms with Crippen LogP contribution in [-0.4, -0.2) is 49.3 Å². The minimum Gasteiger partial charge on any atom is -0.454 e. The maximum absolute atomic E-state index is 12.1. The van der Waals surface area contributed by atoms with Crippen molar-refractivity contribution in [1.82, 2.24) is 10.2 Å². The van der Waals surface area contributed by atoms with Gasteiger partial charge in [-0.3, -0.25) is 15.0 Å². The molecule has 26 heavy (non-hydrogen) atoms. The molecule has 0 saturated carbocycles. The third-order valence-corrected chi connectivity index (χ3v) is 4.64. The molecule has 2 heterocycles. The van der Waals surface area contributed by atoms with Gasteiger partial charge >= 0.3 is 6.03 Å². The summed E-state index contributed by atoms with van der Waals surface area (Å²) in [6, 6.07) is 4.60. The Hall–Kier alpha value is -2.03. The maximum atomic E-state index is 12.1. The number of fused-ring (bicyclic) bond motifs is 1. The molecule has 3 amide bonds. The molecule has 0 spiro atoms. The molecule has 1 aromatic rings. The van der Waals surface area contributed by atoms with Gasteiger partial charge in [-0.2, -0.15) is 0 Å². The minimum atomic E-state index is -0.572. The van der Waals surface area contributed by atoms with E-state index < -0.39 is 6.03 Å². The van der Waals surface area contributed by atoms with Crippen LogP contribution < -0.4 is 25.8 Å². The van der Waals surface area contributed by atoms with Crippen molar-refractivity contribution in [3.8, 4) is 11.5 Å². The average Bonchev–Trinajstić information content (AvgIpc) is 2.98. The number of urea groups is 1. The number of benzene rings is 1. The third-order valence-electron chi connectivity index (χ3n) is 4.64. The predicted molar refractivity (Wildman–Crippen MR) is 99.8 cm³/mol. The number of ether oxygens (including phenoxy) is 2. The van der Waals surface area contributed by atoms with Gasteiger partial charge in [0.15, 0.2) is 11.5 Å². The van der Waals surface area contributed by atoms with E-state index >= 15 is 0 Å². The molecule has 0 aliphatic carbocycles. The number of nitrogens with zero attached hydrogens (tertiary/aromatic N) is 1. The Morgan fingerprint density at radius 3 is 2.77 bits per heavy atom. The van der Waals surface area contributed by atoms with E-state index in [9.17, 15) is 9.59 Å². The van der Waals surface area contributed by atoms with Gasteiger partial charge in [0.05, 0.1) is 6.54 Å². The summed E-state index contributed by atoms with van der Waals surface area (Å²) in [5.41, 5.74) is 6.58. The second-order valence-corrected chi connectivity index (χ2v) is 7.16. The average molecular weight is 385 g/mol. The maximum Gasteiger partial charge on any atom is 0.325 e. The molecular weight excluding hydrogens is 360 g/mol. The van der Waals surface area contributed by atoms with Crippen molar-refractivity contribution in [2.45, 2.75) is 26.3 Å². The Labute approximate surface area is 158 Å². The van der Waals surface area contributed by atoms with Crippen LogP contribution in [0.1, 0.15) is 20.3 Å². The summed E-state index contributed by atoms with van der Waals surface area (Å²) in [4.78, 5) is 26.1. The molecule has 2 aliphatic rings. The van der Waals surface area contributed by atoms with Crippen LogP contribution in [0.25, 0.3) is 0 Å². The summed E-state index contributed by atoms with van der Waals surface area (Å²) in [7, 11) is 0. The van der Waals surface area contributed by atoms with Crippen molar-refractivity contribution >= 4 is 30.0 Å². The highest BCUT2D eigenvalue weighted by molar-refractivity contribution is 6.01. The number of likely N-dealkylation sites (tertiary alicyclic amines) is 1.